The maximum atomic E-state index is 13.6. The Kier molecular flexibility index (Phi) is 4.62. The number of pyridine rings is 1. The Bertz CT molecular complexity index is 812. The Morgan fingerprint density at radius 2 is 2.25 bits per heavy atom. The smallest absolute Gasteiger partial charge is 0.333 e. The first-order valence-corrected chi connectivity index (χ1v) is 8.18. The van der Waals surface area contributed by atoms with Crippen LogP contribution in [0.1, 0.15) is 34.5 Å². The summed E-state index contributed by atoms with van der Waals surface area (Å²) in [5.74, 6) is -1.37. The van der Waals surface area contributed by atoms with Crippen LogP contribution >= 0.6 is 15.9 Å². The molecule has 1 amide bonds. The average molecular weight is 393 g/mol. The van der Waals surface area contributed by atoms with Crippen LogP contribution in [0.15, 0.2) is 41.1 Å². The lowest BCUT2D eigenvalue weighted by Crippen LogP contribution is -2.35. The number of benzene rings is 1. The fourth-order valence-electron chi connectivity index (χ4n) is 2.74. The SMILES string of the molecule is CCOC(=O)C(c1cccc(F)c1)N1Cc2cnc(Br)cc2C1=O. The van der Waals surface area contributed by atoms with Gasteiger partial charge in [-0.2, -0.15) is 0 Å². The predicted octanol–water partition coefficient (Wildman–Crippen LogP) is 3.24. The molecule has 5 nitrogen and oxygen atoms in total. The molecule has 1 aliphatic heterocycles. The monoisotopic (exact) mass is 392 g/mol. The molecular weight excluding hydrogens is 379 g/mol. The molecule has 0 spiro atoms. The number of hydrogen-bond donors (Lipinski definition) is 0. The molecule has 0 fully saturated rings. The maximum absolute atomic E-state index is 13.6. The number of rotatable bonds is 4. The molecular formula is C17H14BrFN2O3. The van der Waals surface area contributed by atoms with Crippen molar-refractivity contribution in [3.8, 4) is 0 Å². The van der Waals surface area contributed by atoms with Crippen LogP contribution in [0.4, 0.5) is 4.39 Å². The van der Waals surface area contributed by atoms with Gasteiger partial charge in [-0.05, 0) is 46.6 Å². The van der Waals surface area contributed by atoms with E-state index < -0.39 is 17.8 Å². The molecule has 1 unspecified atom stereocenters. The van der Waals surface area contributed by atoms with Crippen molar-refractivity contribution in [3.63, 3.8) is 0 Å². The molecule has 2 heterocycles. The molecule has 3 rings (SSSR count). The molecule has 1 aromatic carbocycles. The third-order valence-corrected chi connectivity index (χ3v) is 4.20. The molecule has 1 atom stereocenters. The van der Waals surface area contributed by atoms with Gasteiger partial charge >= 0.3 is 5.97 Å². The van der Waals surface area contributed by atoms with Crippen molar-refractivity contribution in [3.05, 3.63) is 63.6 Å². The van der Waals surface area contributed by atoms with E-state index in [1.807, 2.05) is 0 Å². The van der Waals surface area contributed by atoms with Crippen molar-refractivity contribution in [1.82, 2.24) is 9.88 Å². The summed E-state index contributed by atoms with van der Waals surface area (Å²) in [5, 5.41) is 0. The van der Waals surface area contributed by atoms with Gasteiger partial charge in [0.1, 0.15) is 10.4 Å². The first kappa shape index (κ1) is 16.6. The van der Waals surface area contributed by atoms with E-state index in [0.29, 0.717) is 21.3 Å². The fraction of sp³-hybridized carbons (Fsp3) is 0.235. The van der Waals surface area contributed by atoms with Crippen molar-refractivity contribution in [2.45, 2.75) is 19.5 Å². The van der Waals surface area contributed by atoms with E-state index in [1.54, 1.807) is 25.3 Å². The first-order valence-electron chi connectivity index (χ1n) is 7.38. The number of nitrogens with zero attached hydrogens (tertiary/aromatic N) is 2. The third-order valence-electron chi connectivity index (χ3n) is 3.77. The Hall–Kier alpha value is -2.28. The Balaban J connectivity index is 2.01. The highest BCUT2D eigenvalue weighted by atomic mass is 79.9. The Labute approximate surface area is 146 Å². The molecule has 1 aliphatic rings. The number of aromatic nitrogens is 1. The molecule has 24 heavy (non-hydrogen) atoms. The lowest BCUT2D eigenvalue weighted by atomic mass is 10.1. The summed E-state index contributed by atoms with van der Waals surface area (Å²) >= 11 is 3.23. The lowest BCUT2D eigenvalue weighted by molar-refractivity contribution is -0.149. The summed E-state index contributed by atoms with van der Waals surface area (Å²) in [7, 11) is 0. The van der Waals surface area contributed by atoms with Crippen molar-refractivity contribution in [2.24, 2.45) is 0 Å². The van der Waals surface area contributed by atoms with Gasteiger partial charge in [-0.25, -0.2) is 14.2 Å². The van der Waals surface area contributed by atoms with Crippen LogP contribution in [0.5, 0.6) is 0 Å². The van der Waals surface area contributed by atoms with Gasteiger partial charge in [-0.1, -0.05) is 12.1 Å². The number of ether oxygens (including phenoxy) is 1. The van der Waals surface area contributed by atoms with Gasteiger partial charge in [-0.15, -0.1) is 0 Å². The predicted molar refractivity (Wildman–Crippen MR) is 87.6 cm³/mol. The van der Waals surface area contributed by atoms with Crippen molar-refractivity contribution in [2.75, 3.05) is 6.61 Å². The minimum Gasteiger partial charge on any atom is -0.464 e. The largest absolute Gasteiger partial charge is 0.464 e. The highest BCUT2D eigenvalue weighted by molar-refractivity contribution is 9.10. The summed E-state index contributed by atoms with van der Waals surface area (Å²) in [5.41, 5.74) is 1.57. The molecule has 0 bridgehead atoms. The van der Waals surface area contributed by atoms with Gasteiger partial charge in [-0.3, -0.25) is 4.79 Å². The average Bonchev–Trinajstić information content (AvgIpc) is 2.85. The van der Waals surface area contributed by atoms with Crippen LogP contribution in [0.25, 0.3) is 0 Å². The topological polar surface area (TPSA) is 59.5 Å². The summed E-state index contributed by atoms with van der Waals surface area (Å²) < 4.78 is 19.2. The molecule has 124 valence electrons. The van der Waals surface area contributed by atoms with Crippen LogP contribution in [-0.4, -0.2) is 28.4 Å². The van der Waals surface area contributed by atoms with E-state index in [0.717, 1.165) is 0 Å². The Morgan fingerprint density at radius 3 is 2.96 bits per heavy atom. The van der Waals surface area contributed by atoms with Gasteiger partial charge < -0.3 is 9.64 Å². The number of hydrogen-bond acceptors (Lipinski definition) is 4. The summed E-state index contributed by atoms with van der Waals surface area (Å²) in [6.45, 7) is 2.07. The molecule has 2 aromatic rings. The quantitative estimate of drug-likeness (QED) is 0.591. The minimum absolute atomic E-state index is 0.173. The van der Waals surface area contributed by atoms with E-state index in [9.17, 15) is 14.0 Å². The van der Waals surface area contributed by atoms with Crippen LogP contribution in [0, 0.1) is 5.82 Å². The summed E-state index contributed by atoms with van der Waals surface area (Å²) in [4.78, 5) is 30.7. The molecule has 0 N–H and O–H groups in total. The van der Waals surface area contributed by atoms with Crippen LogP contribution in [0.2, 0.25) is 0 Å². The second kappa shape index (κ2) is 6.68. The standard InChI is InChI=1S/C17H14BrFN2O3/c1-2-24-17(23)15(10-4-3-5-12(19)6-10)21-9-11-8-20-14(18)7-13(11)16(21)22/h3-8,15H,2,9H2,1H3. The van der Waals surface area contributed by atoms with Gasteiger partial charge in [0.05, 0.1) is 6.61 Å². The van der Waals surface area contributed by atoms with E-state index in [-0.39, 0.29) is 19.1 Å². The fourth-order valence-corrected chi connectivity index (χ4v) is 3.07. The number of fused-ring (bicyclic) bond motifs is 1. The zero-order valence-corrected chi connectivity index (χ0v) is 14.4. The molecule has 0 aliphatic carbocycles. The number of amides is 1. The molecule has 0 radical (unpaired) electrons. The second-order valence-corrected chi connectivity index (χ2v) is 6.12. The number of esters is 1. The van der Waals surface area contributed by atoms with E-state index in [4.69, 9.17) is 4.74 Å². The zero-order chi connectivity index (χ0) is 17.3. The van der Waals surface area contributed by atoms with Crippen molar-refractivity contribution in [1.29, 1.82) is 0 Å². The minimum atomic E-state index is -1.00. The maximum Gasteiger partial charge on any atom is 0.333 e. The number of carbonyl (C=O) groups excluding carboxylic acids is 2. The first-order chi connectivity index (χ1) is 11.5. The van der Waals surface area contributed by atoms with Crippen LogP contribution < -0.4 is 0 Å². The summed E-state index contributed by atoms with van der Waals surface area (Å²) in [6.07, 6.45) is 1.59. The molecule has 7 heteroatoms. The molecule has 0 saturated heterocycles. The molecule has 0 saturated carbocycles. The lowest BCUT2D eigenvalue weighted by Gasteiger charge is -2.26. The van der Waals surface area contributed by atoms with Gasteiger partial charge in [0.25, 0.3) is 5.91 Å². The van der Waals surface area contributed by atoms with E-state index >= 15 is 0 Å². The molecule has 1 aromatic heterocycles. The van der Waals surface area contributed by atoms with Gasteiger partial charge in [0.2, 0.25) is 0 Å². The Morgan fingerprint density at radius 1 is 1.46 bits per heavy atom. The van der Waals surface area contributed by atoms with Gasteiger partial charge in [0.15, 0.2) is 6.04 Å². The zero-order valence-electron chi connectivity index (χ0n) is 12.8. The van der Waals surface area contributed by atoms with Crippen molar-refractivity contribution < 1.29 is 18.7 Å². The van der Waals surface area contributed by atoms with E-state index in [2.05, 4.69) is 20.9 Å². The van der Waals surface area contributed by atoms with Crippen molar-refractivity contribution >= 4 is 27.8 Å². The highest BCUT2D eigenvalue weighted by Gasteiger charge is 2.38. The normalized spacial score (nSPS) is 14.5. The highest BCUT2D eigenvalue weighted by Crippen LogP contribution is 2.33. The van der Waals surface area contributed by atoms with Crippen LogP contribution in [0.3, 0.4) is 0 Å². The van der Waals surface area contributed by atoms with Gasteiger partial charge in [0, 0.05) is 23.9 Å². The number of carbonyl (C=O) groups is 2. The third kappa shape index (κ3) is 3.03. The van der Waals surface area contributed by atoms with E-state index in [1.165, 1.54) is 23.1 Å². The van der Waals surface area contributed by atoms with Crippen LogP contribution in [-0.2, 0) is 16.1 Å². The second-order valence-electron chi connectivity index (χ2n) is 5.31. The number of halogens is 2. The summed E-state index contributed by atoms with van der Waals surface area (Å²) in [6, 6.07) is 6.25.